The Morgan fingerprint density at radius 2 is 1.77 bits per heavy atom. The predicted molar refractivity (Wildman–Crippen MR) is 133 cm³/mol. The molecular weight excluding hydrogens is 450 g/mol. The number of nitrogens with zero attached hydrogens (tertiary/aromatic N) is 2. The number of likely N-dealkylation sites (N-methyl/N-ethyl adjacent to an activating group) is 1. The molecule has 0 saturated carbocycles. The van der Waals surface area contributed by atoms with Crippen molar-refractivity contribution in [3.63, 3.8) is 0 Å². The van der Waals surface area contributed by atoms with Crippen LogP contribution in [0.2, 0.25) is 0 Å². The molecule has 2 atom stereocenters. The number of benzene rings is 3. The van der Waals surface area contributed by atoms with Crippen molar-refractivity contribution in [2.24, 2.45) is 5.73 Å². The Morgan fingerprint density at radius 3 is 2.46 bits per heavy atom. The summed E-state index contributed by atoms with van der Waals surface area (Å²) in [5, 5.41) is 33.4. The minimum absolute atomic E-state index is 0.0168. The lowest BCUT2D eigenvalue weighted by Crippen LogP contribution is -2.48. The van der Waals surface area contributed by atoms with E-state index in [9.17, 15) is 20.0 Å². The van der Waals surface area contributed by atoms with Crippen molar-refractivity contribution in [1.29, 1.82) is 0 Å². The minimum Gasteiger partial charge on any atom is -0.484 e. The summed E-state index contributed by atoms with van der Waals surface area (Å²) in [5.74, 6) is -1.17. The first-order valence-corrected chi connectivity index (χ1v) is 11.4. The summed E-state index contributed by atoms with van der Waals surface area (Å²) in [5.41, 5.74) is 6.87. The van der Waals surface area contributed by atoms with Gasteiger partial charge in [-0.3, -0.25) is 14.9 Å². The van der Waals surface area contributed by atoms with Crippen LogP contribution in [0.15, 0.2) is 60.7 Å². The van der Waals surface area contributed by atoms with Crippen LogP contribution in [-0.4, -0.2) is 71.5 Å². The van der Waals surface area contributed by atoms with E-state index in [1.165, 1.54) is 28.5 Å². The van der Waals surface area contributed by atoms with Gasteiger partial charge in [-0.1, -0.05) is 48.5 Å². The molecule has 3 rings (SSSR count). The number of carbonyl (C=O) groups is 1. The van der Waals surface area contributed by atoms with Crippen LogP contribution in [-0.2, 0) is 17.6 Å². The van der Waals surface area contributed by atoms with Gasteiger partial charge in [0.2, 0.25) is 0 Å². The second-order valence-electron chi connectivity index (χ2n) is 9.45. The number of quaternary nitrogens is 1. The number of rotatable bonds is 12. The maximum Gasteiger partial charge on any atom is 0.320 e. The molecule has 0 unspecified atom stereocenters. The molecule has 0 spiro atoms. The van der Waals surface area contributed by atoms with Gasteiger partial charge in [0.1, 0.15) is 25.3 Å². The molecule has 0 fully saturated rings. The van der Waals surface area contributed by atoms with E-state index in [0.717, 1.165) is 13.0 Å². The fraction of sp³-hybridized carbons (Fsp3) is 0.346. The van der Waals surface area contributed by atoms with Crippen molar-refractivity contribution >= 4 is 22.4 Å². The second-order valence-corrected chi connectivity index (χ2v) is 9.45. The number of carboxylic acid groups (broad SMARTS) is 1. The van der Waals surface area contributed by atoms with Crippen molar-refractivity contribution in [2.45, 2.75) is 25.0 Å². The van der Waals surface area contributed by atoms with E-state index in [4.69, 9.17) is 15.6 Å². The molecule has 0 aliphatic carbocycles. The SMILES string of the molecule is C[N+](C)(CCc1ccc2ccccc2c1)C[C@@H](O)COc1ccc(C[C@H](N)C(=O)O)cc1[N+](=O)[O-]. The third-order valence-electron chi connectivity index (χ3n) is 5.95. The summed E-state index contributed by atoms with van der Waals surface area (Å²) < 4.78 is 6.12. The molecule has 4 N–H and O–H groups in total. The number of nitrogens with two attached hydrogens (primary N) is 1. The summed E-state index contributed by atoms with van der Waals surface area (Å²) in [6.07, 6.45) is -0.0278. The molecule has 9 nitrogen and oxygen atoms in total. The number of aliphatic carboxylic acids is 1. The molecule has 0 heterocycles. The fourth-order valence-electron chi connectivity index (χ4n) is 4.02. The van der Waals surface area contributed by atoms with Gasteiger partial charge in [-0.2, -0.15) is 0 Å². The smallest absolute Gasteiger partial charge is 0.320 e. The van der Waals surface area contributed by atoms with Crippen molar-refractivity contribution in [3.05, 3.63) is 81.9 Å². The van der Waals surface area contributed by atoms with Gasteiger partial charge in [-0.15, -0.1) is 0 Å². The van der Waals surface area contributed by atoms with Gasteiger partial charge in [0.15, 0.2) is 5.75 Å². The van der Waals surface area contributed by atoms with E-state index in [-0.39, 0.29) is 24.5 Å². The van der Waals surface area contributed by atoms with Crippen LogP contribution in [0.1, 0.15) is 11.1 Å². The molecule has 0 aliphatic heterocycles. The average molecular weight is 483 g/mol. The van der Waals surface area contributed by atoms with Crippen molar-refractivity contribution in [2.75, 3.05) is 33.8 Å². The molecule has 3 aromatic carbocycles. The zero-order valence-corrected chi connectivity index (χ0v) is 20.0. The van der Waals surface area contributed by atoms with E-state index >= 15 is 0 Å². The Labute approximate surface area is 204 Å². The molecule has 35 heavy (non-hydrogen) atoms. The summed E-state index contributed by atoms with van der Waals surface area (Å²) in [6.45, 7) is 1.10. The van der Waals surface area contributed by atoms with Gasteiger partial charge in [-0.25, -0.2) is 0 Å². The number of ether oxygens (including phenoxy) is 1. The van der Waals surface area contributed by atoms with Crippen LogP contribution in [0.5, 0.6) is 5.75 Å². The normalized spacial score (nSPS) is 13.4. The molecule has 0 saturated heterocycles. The second kappa shape index (κ2) is 11.3. The molecule has 9 heteroatoms. The topological polar surface area (TPSA) is 136 Å². The summed E-state index contributed by atoms with van der Waals surface area (Å²) in [7, 11) is 4.04. The van der Waals surface area contributed by atoms with E-state index in [2.05, 4.69) is 30.3 Å². The van der Waals surface area contributed by atoms with Crippen LogP contribution >= 0.6 is 0 Å². The van der Waals surface area contributed by atoms with E-state index in [1.54, 1.807) is 6.07 Å². The van der Waals surface area contributed by atoms with Crippen molar-refractivity contribution in [3.8, 4) is 5.75 Å². The highest BCUT2D eigenvalue weighted by Crippen LogP contribution is 2.28. The quantitative estimate of drug-likeness (QED) is 0.205. The van der Waals surface area contributed by atoms with Crippen molar-refractivity contribution < 1.29 is 29.2 Å². The number of aliphatic hydroxyl groups excluding tert-OH is 1. The standard InChI is InChI=1S/C26H31N3O6/c1-29(2,12-11-18-7-9-20-5-3-4-6-21(20)13-18)16-22(30)17-35-25-10-8-19(14-23(27)26(31)32)15-24(25)28(33)34/h3-10,13,15,22-23,30H,11-12,14,16-17,27H2,1-2H3/p+1/t22-,23+/m1/s1. The number of aliphatic hydroxyl groups is 1. The first-order chi connectivity index (χ1) is 16.5. The number of nitro groups is 1. The Morgan fingerprint density at radius 1 is 1.09 bits per heavy atom. The minimum atomic E-state index is -1.18. The lowest BCUT2D eigenvalue weighted by molar-refractivity contribution is -0.893. The lowest BCUT2D eigenvalue weighted by Gasteiger charge is -2.32. The Bertz CT molecular complexity index is 1200. The Balaban J connectivity index is 1.56. The van der Waals surface area contributed by atoms with Crippen molar-refractivity contribution in [1.82, 2.24) is 0 Å². The van der Waals surface area contributed by atoms with Gasteiger partial charge in [-0.05, 0) is 34.4 Å². The number of fused-ring (bicyclic) bond motifs is 1. The first kappa shape index (κ1) is 26.1. The molecule has 186 valence electrons. The van der Waals surface area contributed by atoms with Gasteiger partial charge in [0.25, 0.3) is 0 Å². The third kappa shape index (κ3) is 7.48. The van der Waals surface area contributed by atoms with E-state index in [0.29, 0.717) is 16.6 Å². The first-order valence-electron chi connectivity index (χ1n) is 11.4. The summed E-state index contributed by atoms with van der Waals surface area (Å²) in [6, 6.07) is 17.7. The zero-order chi connectivity index (χ0) is 25.6. The molecular formula is C26H32N3O6+. The van der Waals surface area contributed by atoms with E-state index in [1.807, 2.05) is 26.2 Å². The monoisotopic (exact) mass is 482 g/mol. The van der Waals surface area contributed by atoms with Crippen LogP contribution < -0.4 is 10.5 Å². The Hall–Kier alpha value is -3.53. The number of hydrogen-bond acceptors (Lipinski definition) is 6. The number of carboxylic acids is 1. The largest absolute Gasteiger partial charge is 0.484 e. The van der Waals surface area contributed by atoms with Crippen LogP contribution in [0.4, 0.5) is 5.69 Å². The number of hydrogen-bond donors (Lipinski definition) is 3. The lowest BCUT2D eigenvalue weighted by atomic mass is 10.0. The highest BCUT2D eigenvalue weighted by Gasteiger charge is 2.24. The predicted octanol–water partition coefficient (Wildman–Crippen LogP) is 2.76. The van der Waals surface area contributed by atoms with Gasteiger partial charge in [0.05, 0.1) is 25.6 Å². The molecule has 0 radical (unpaired) electrons. The molecule has 3 aromatic rings. The summed E-state index contributed by atoms with van der Waals surface area (Å²) in [4.78, 5) is 21.8. The van der Waals surface area contributed by atoms with Gasteiger partial charge < -0.3 is 25.2 Å². The van der Waals surface area contributed by atoms with Gasteiger partial charge >= 0.3 is 11.7 Å². The van der Waals surface area contributed by atoms with Crippen LogP contribution in [0.25, 0.3) is 10.8 Å². The number of nitro benzene ring substituents is 1. The molecule has 0 aliphatic rings. The maximum absolute atomic E-state index is 11.5. The van der Waals surface area contributed by atoms with Crippen LogP contribution in [0.3, 0.4) is 0 Å². The average Bonchev–Trinajstić information content (AvgIpc) is 2.81. The van der Waals surface area contributed by atoms with Crippen LogP contribution in [0, 0.1) is 10.1 Å². The molecule has 0 aromatic heterocycles. The maximum atomic E-state index is 11.5. The molecule has 0 bridgehead atoms. The van der Waals surface area contributed by atoms with E-state index < -0.39 is 23.0 Å². The summed E-state index contributed by atoms with van der Waals surface area (Å²) >= 11 is 0. The van der Waals surface area contributed by atoms with Gasteiger partial charge in [0, 0.05) is 12.5 Å². The highest BCUT2D eigenvalue weighted by molar-refractivity contribution is 5.83. The third-order valence-corrected chi connectivity index (χ3v) is 5.95. The fourth-order valence-corrected chi connectivity index (χ4v) is 4.02. The highest BCUT2D eigenvalue weighted by atomic mass is 16.6. The molecule has 0 amide bonds. The Kier molecular flexibility index (Phi) is 8.39. The zero-order valence-electron chi connectivity index (χ0n) is 20.0.